The van der Waals surface area contributed by atoms with Crippen LogP contribution < -0.4 is 10.5 Å². The van der Waals surface area contributed by atoms with Crippen LogP contribution in [0.4, 0.5) is 0 Å². The van der Waals surface area contributed by atoms with Crippen molar-refractivity contribution in [2.45, 2.75) is 26.1 Å². The summed E-state index contributed by atoms with van der Waals surface area (Å²) in [6, 6.07) is 8.16. The molecule has 2 aromatic rings. The molecule has 108 valence electrons. The highest BCUT2D eigenvalue weighted by Crippen LogP contribution is 2.18. The Bertz CT molecular complexity index is 536. The quantitative estimate of drug-likeness (QED) is 0.889. The minimum absolute atomic E-state index is 0.0145. The zero-order valence-electron chi connectivity index (χ0n) is 12.2. The molecule has 1 aromatic heterocycles. The van der Waals surface area contributed by atoms with Gasteiger partial charge in [0.2, 0.25) is 0 Å². The Labute approximate surface area is 124 Å². The summed E-state index contributed by atoms with van der Waals surface area (Å²) in [7, 11) is 3.77. The van der Waals surface area contributed by atoms with Gasteiger partial charge in [-0.1, -0.05) is 12.1 Å². The van der Waals surface area contributed by atoms with E-state index in [-0.39, 0.29) is 6.04 Å². The molecule has 2 rings (SSSR count). The summed E-state index contributed by atoms with van der Waals surface area (Å²) in [6.07, 6.45) is 0. The summed E-state index contributed by atoms with van der Waals surface area (Å²) < 4.78 is 5.16. The zero-order valence-corrected chi connectivity index (χ0v) is 13.0. The molecule has 20 heavy (non-hydrogen) atoms. The van der Waals surface area contributed by atoms with E-state index < -0.39 is 0 Å². The summed E-state index contributed by atoms with van der Waals surface area (Å²) >= 11 is 1.63. The number of hydrogen-bond donors (Lipinski definition) is 1. The van der Waals surface area contributed by atoms with E-state index in [2.05, 4.69) is 34.4 Å². The molecule has 0 amide bonds. The molecule has 0 radical (unpaired) electrons. The topological polar surface area (TPSA) is 51.4 Å². The lowest BCUT2D eigenvalue weighted by molar-refractivity contribution is 0.315. The van der Waals surface area contributed by atoms with Gasteiger partial charge in [0, 0.05) is 18.5 Å². The number of methoxy groups -OCH3 is 1. The second-order valence-corrected chi connectivity index (χ2v) is 5.88. The molecule has 0 aliphatic carbocycles. The Morgan fingerprint density at radius 1 is 1.30 bits per heavy atom. The maximum atomic E-state index is 5.83. The molecule has 0 aliphatic rings. The number of thiazole rings is 1. The molecule has 4 nitrogen and oxygen atoms in total. The first kappa shape index (κ1) is 15.0. The molecule has 1 unspecified atom stereocenters. The van der Waals surface area contributed by atoms with Crippen LogP contribution in [0.1, 0.15) is 29.2 Å². The SMILES string of the molecule is COc1ccc(CN(C)Cc2csc(C(C)N)n2)cc1. The largest absolute Gasteiger partial charge is 0.497 e. The van der Waals surface area contributed by atoms with Crippen LogP contribution in [0.3, 0.4) is 0 Å². The van der Waals surface area contributed by atoms with Gasteiger partial charge in [-0.05, 0) is 31.7 Å². The van der Waals surface area contributed by atoms with E-state index in [0.717, 1.165) is 29.5 Å². The molecule has 0 saturated carbocycles. The standard InChI is InChI=1S/C15H21N3OS/c1-11(16)15-17-13(10-20-15)9-18(2)8-12-4-6-14(19-3)7-5-12/h4-7,10-11H,8-9,16H2,1-3H3. The Hall–Kier alpha value is -1.43. The summed E-state index contributed by atoms with van der Waals surface area (Å²) in [6.45, 7) is 3.67. The number of aromatic nitrogens is 1. The minimum Gasteiger partial charge on any atom is -0.497 e. The van der Waals surface area contributed by atoms with Crippen molar-refractivity contribution in [1.82, 2.24) is 9.88 Å². The fraction of sp³-hybridized carbons (Fsp3) is 0.400. The van der Waals surface area contributed by atoms with Gasteiger partial charge < -0.3 is 10.5 Å². The Morgan fingerprint density at radius 2 is 2.00 bits per heavy atom. The fourth-order valence-electron chi connectivity index (χ4n) is 1.98. The molecule has 1 aromatic carbocycles. The lowest BCUT2D eigenvalue weighted by Gasteiger charge is -2.15. The lowest BCUT2D eigenvalue weighted by Crippen LogP contribution is -2.17. The maximum absolute atomic E-state index is 5.83. The normalized spacial score (nSPS) is 12.7. The number of hydrogen-bond acceptors (Lipinski definition) is 5. The number of benzene rings is 1. The van der Waals surface area contributed by atoms with Gasteiger partial charge >= 0.3 is 0 Å². The molecule has 0 bridgehead atoms. The van der Waals surface area contributed by atoms with Crippen LogP contribution in [0.25, 0.3) is 0 Å². The van der Waals surface area contributed by atoms with Gasteiger partial charge in [-0.25, -0.2) is 4.98 Å². The van der Waals surface area contributed by atoms with Crippen LogP contribution in [0.5, 0.6) is 5.75 Å². The van der Waals surface area contributed by atoms with E-state index in [0.29, 0.717) is 0 Å². The summed E-state index contributed by atoms with van der Waals surface area (Å²) in [5, 5.41) is 3.08. The van der Waals surface area contributed by atoms with Crippen LogP contribution in [0, 0.1) is 0 Å². The highest BCUT2D eigenvalue weighted by atomic mass is 32.1. The van der Waals surface area contributed by atoms with E-state index in [9.17, 15) is 0 Å². The van der Waals surface area contributed by atoms with Gasteiger partial charge in [-0.2, -0.15) is 0 Å². The average molecular weight is 291 g/mol. The summed E-state index contributed by atoms with van der Waals surface area (Å²) in [4.78, 5) is 6.79. The van der Waals surface area contributed by atoms with Gasteiger partial charge in [-0.15, -0.1) is 11.3 Å². The Kier molecular flexibility index (Phi) is 5.11. The van der Waals surface area contributed by atoms with Crippen LogP contribution in [0.15, 0.2) is 29.6 Å². The third-order valence-electron chi connectivity index (χ3n) is 3.00. The van der Waals surface area contributed by atoms with Crippen molar-refractivity contribution < 1.29 is 4.74 Å². The number of rotatable bonds is 6. The minimum atomic E-state index is 0.0145. The molecular weight excluding hydrogens is 270 g/mol. The van der Waals surface area contributed by atoms with Crippen LogP contribution in [-0.2, 0) is 13.1 Å². The lowest BCUT2D eigenvalue weighted by atomic mass is 10.2. The second kappa shape index (κ2) is 6.83. The molecule has 0 saturated heterocycles. The van der Waals surface area contributed by atoms with Crippen molar-refractivity contribution >= 4 is 11.3 Å². The van der Waals surface area contributed by atoms with Crippen molar-refractivity contribution in [3.8, 4) is 5.75 Å². The van der Waals surface area contributed by atoms with E-state index in [1.54, 1.807) is 18.4 Å². The van der Waals surface area contributed by atoms with Gasteiger partial charge in [0.15, 0.2) is 0 Å². The predicted molar refractivity (Wildman–Crippen MR) is 82.9 cm³/mol. The maximum Gasteiger partial charge on any atom is 0.118 e. The van der Waals surface area contributed by atoms with Gasteiger partial charge in [0.05, 0.1) is 18.8 Å². The van der Waals surface area contributed by atoms with E-state index >= 15 is 0 Å². The molecule has 0 fully saturated rings. The Morgan fingerprint density at radius 3 is 2.55 bits per heavy atom. The first-order valence-electron chi connectivity index (χ1n) is 6.60. The third-order valence-corrected chi connectivity index (χ3v) is 4.10. The molecule has 1 atom stereocenters. The molecular formula is C15H21N3OS. The van der Waals surface area contributed by atoms with Crippen molar-refractivity contribution in [3.63, 3.8) is 0 Å². The predicted octanol–water partition coefficient (Wildman–Crippen LogP) is 2.80. The van der Waals surface area contributed by atoms with Gasteiger partial charge in [0.25, 0.3) is 0 Å². The number of ether oxygens (including phenoxy) is 1. The van der Waals surface area contributed by atoms with E-state index in [4.69, 9.17) is 10.5 Å². The second-order valence-electron chi connectivity index (χ2n) is 4.99. The van der Waals surface area contributed by atoms with Gasteiger partial charge in [-0.3, -0.25) is 4.90 Å². The highest BCUT2D eigenvalue weighted by Gasteiger charge is 2.08. The zero-order chi connectivity index (χ0) is 14.5. The fourth-order valence-corrected chi connectivity index (χ4v) is 2.75. The van der Waals surface area contributed by atoms with Crippen molar-refractivity contribution in [3.05, 3.63) is 45.9 Å². The number of nitrogens with two attached hydrogens (primary N) is 1. The molecule has 5 heteroatoms. The first-order chi connectivity index (χ1) is 9.58. The van der Waals surface area contributed by atoms with Crippen LogP contribution >= 0.6 is 11.3 Å². The molecule has 2 N–H and O–H groups in total. The molecule has 0 aliphatic heterocycles. The van der Waals surface area contributed by atoms with Gasteiger partial charge in [0.1, 0.15) is 10.8 Å². The van der Waals surface area contributed by atoms with E-state index in [1.807, 2.05) is 19.1 Å². The van der Waals surface area contributed by atoms with Crippen molar-refractivity contribution in [2.24, 2.45) is 5.73 Å². The summed E-state index contributed by atoms with van der Waals surface area (Å²) in [5.74, 6) is 0.887. The van der Waals surface area contributed by atoms with Crippen LogP contribution in [-0.4, -0.2) is 24.0 Å². The van der Waals surface area contributed by atoms with E-state index in [1.165, 1.54) is 5.56 Å². The molecule has 0 spiro atoms. The van der Waals surface area contributed by atoms with Crippen molar-refractivity contribution in [2.75, 3.05) is 14.2 Å². The average Bonchev–Trinajstić information content (AvgIpc) is 2.88. The molecule has 1 heterocycles. The number of nitrogens with zero attached hydrogens (tertiary/aromatic N) is 2. The summed E-state index contributed by atoms with van der Waals surface area (Å²) in [5.41, 5.74) is 8.17. The Balaban J connectivity index is 1.92. The van der Waals surface area contributed by atoms with Crippen molar-refractivity contribution in [1.29, 1.82) is 0 Å². The third kappa shape index (κ3) is 4.03. The van der Waals surface area contributed by atoms with Crippen LogP contribution in [0.2, 0.25) is 0 Å². The monoisotopic (exact) mass is 291 g/mol. The smallest absolute Gasteiger partial charge is 0.118 e. The highest BCUT2D eigenvalue weighted by molar-refractivity contribution is 7.09. The first-order valence-corrected chi connectivity index (χ1v) is 7.48.